The molecular weight excluding hydrogens is 706 g/mol. The normalized spacial score (nSPS) is 16.0. The molecule has 0 radical (unpaired) electrons. The summed E-state index contributed by atoms with van der Waals surface area (Å²) < 4.78 is 68.1. The first-order chi connectivity index (χ1) is 24.2. The Labute approximate surface area is 298 Å². The number of benzene rings is 3. The quantitative estimate of drug-likeness (QED) is 0.155. The second-order valence-electron chi connectivity index (χ2n) is 12.3. The van der Waals surface area contributed by atoms with Crippen molar-refractivity contribution in [1.29, 1.82) is 0 Å². The van der Waals surface area contributed by atoms with Crippen molar-refractivity contribution in [3.8, 4) is 5.75 Å². The van der Waals surface area contributed by atoms with Crippen LogP contribution < -0.4 is 19.7 Å². The number of halogens is 3. The van der Waals surface area contributed by atoms with Gasteiger partial charge in [-0.2, -0.15) is 0 Å². The molecule has 1 unspecified atom stereocenters. The van der Waals surface area contributed by atoms with E-state index < -0.39 is 34.4 Å². The fraction of sp³-hybridized carbons (Fsp3) is 0.333. The molecule has 3 aromatic carbocycles. The van der Waals surface area contributed by atoms with Crippen molar-refractivity contribution >= 4 is 38.9 Å². The van der Waals surface area contributed by atoms with Crippen LogP contribution in [-0.4, -0.2) is 75.1 Å². The Morgan fingerprint density at radius 1 is 1.02 bits per heavy atom. The summed E-state index contributed by atoms with van der Waals surface area (Å²) in [6.45, 7) is 0.571. The standard InChI is InChI=1S/C36H39F3N4O6S2/c1-42(51(2,47)48)28-20-26(19-27(21-28)35(46)43-15-7-13-31(43)33-14-8-16-50-33)34(45)41-30(18-24-9-4-3-5-10-24)32(44)23-40-22-25-11-6-12-29(17-25)49-36(37,38)39/h3-6,8-12,14,16-17,19-21,30-32,40,44H,7,13,15,18,22-23H2,1-2H3,(H,41,45)/t30-,31?,32+/m0/s1. The first-order valence-corrected chi connectivity index (χ1v) is 18.9. The summed E-state index contributed by atoms with van der Waals surface area (Å²) >= 11 is 1.55. The highest BCUT2D eigenvalue weighted by atomic mass is 32.2. The van der Waals surface area contributed by atoms with Gasteiger partial charge in [-0.05, 0) is 72.2 Å². The summed E-state index contributed by atoms with van der Waals surface area (Å²) in [6, 6.07) is 21.8. The number of carbonyl (C=O) groups is 2. The molecule has 0 aliphatic carbocycles. The number of ether oxygens (including phenoxy) is 1. The summed E-state index contributed by atoms with van der Waals surface area (Å²) in [7, 11) is -2.42. The van der Waals surface area contributed by atoms with Gasteiger partial charge in [0.25, 0.3) is 11.8 Å². The molecule has 1 saturated heterocycles. The molecule has 5 rings (SSSR count). The van der Waals surface area contributed by atoms with Crippen LogP contribution in [0.15, 0.2) is 90.3 Å². The Bertz CT molecular complexity index is 1910. The van der Waals surface area contributed by atoms with Crippen molar-refractivity contribution < 1.29 is 41.0 Å². The maximum Gasteiger partial charge on any atom is 0.573 e. The zero-order chi connectivity index (χ0) is 36.8. The smallest absolute Gasteiger partial charge is 0.406 e. The fourth-order valence-corrected chi connectivity index (χ4v) is 7.32. The molecule has 51 heavy (non-hydrogen) atoms. The molecule has 2 heterocycles. The van der Waals surface area contributed by atoms with E-state index in [4.69, 9.17) is 0 Å². The third-order valence-corrected chi connectivity index (χ3v) is 10.7. The predicted octanol–water partition coefficient (Wildman–Crippen LogP) is 5.51. The van der Waals surface area contributed by atoms with E-state index in [0.717, 1.165) is 33.8 Å². The molecular formula is C36H39F3N4O6S2. The summed E-state index contributed by atoms with van der Waals surface area (Å²) in [5, 5.41) is 19.1. The molecule has 4 aromatic rings. The van der Waals surface area contributed by atoms with Gasteiger partial charge in [0.05, 0.1) is 30.1 Å². The third kappa shape index (κ3) is 10.3. The molecule has 15 heteroatoms. The highest BCUT2D eigenvalue weighted by Crippen LogP contribution is 2.36. The monoisotopic (exact) mass is 744 g/mol. The average molecular weight is 745 g/mol. The molecule has 272 valence electrons. The number of amides is 2. The fourth-order valence-electron chi connectivity index (χ4n) is 5.95. The van der Waals surface area contributed by atoms with Crippen molar-refractivity contribution in [3.63, 3.8) is 0 Å². The highest BCUT2D eigenvalue weighted by Gasteiger charge is 2.33. The highest BCUT2D eigenvalue weighted by molar-refractivity contribution is 7.92. The van der Waals surface area contributed by atoms with Crippen LogP contribution in [-0.2, 0) is 23.0 Å². The number of nitrogens with zero attached hydrogens (tertiary/aromatic N) is 2. The van der Waals surface area contributed by atoms with Gasteiger partial charge in [-0.15, -0.1) is 24.5 Å². The lowest BCUT2D eigenvalue weighted by atomic mass is 9.99. The van der Waals surface area contributed by atoms with Gasteiger partial charge in [0.1, 0.15) is 5.75 Å². The first-order valence-electron chi connectivity index (χ1n) is 16.2. The number of nitrogens with one attached hydrogen (secondary N) is 2. The van der Waals surface area contributed by atoms with Crippen LogP contribution in [0.3, 0.4) is 0 Å². The number of carbonyl (C=O) groups excluding carboxylic acids is 2. The van der Waals surface area contributed by atoms with Crippen LogP contribution >= 0.6 is 11.3 Å². The van der Waals surface area contributed by atoms with Gasteiger partial charge in [-0.1, -0.05) is 48.5 Å². The number of anilines is 1. The number of rotatable bonds is 14. The van der Waals surface area contributed by atoms with Crippen molar-refractivity contribution in [2.75, 3.05) is 30.7 Å². The number of thiophene rings is 1. The van der Waals surface area contributed by atoms with Crippen LogP contribution in [0.4, 0.5) is 18.9 Å². The minimum absolute atomic E-state index is 0.0259. The molecule has 1 aliphatic heterocycles. The van der Waals surface area contributed by atoms with Crippen molar-refractivity contribution in [1.82, 2.24) is 15.5 Å². The zero-order valence-corrected chi connectivity index (χ0v) is 29.6. The van der Waals surface area contributed by atoms with Gasteiger partial charge in [0.2, 0.25) is 10.0 Å². The van der Waals surface area contributed by atoms with Crippen LogP contribution in [0.5, 0.6) is 5.75 Å². The Hall–Kier alpha value is -4.44. The first kappa shape index (κ1) is 37.8. The zero-order valence-electron chi connectivity index (χ0n) is 28.0. The molecule has 10 nitrogen and oxygen atoms in total. The van der Waals surface area contributed by atoms with Gasteiger partial charge in [0.15, 0.2) is 0 Å². The molecule has 1 fully saturated rings. The van der Waals surface area contributed by atoms with Crippen LogP contribution in [0, 0.1) is 0 Å². The van der Waals surface area contributed by atoms with Crippen LogP contribution in [0.2, 0.25) is 0 Å². The SMILES string of the molecule is CN(c1cc(C(=O)N[C@@H](Cc2ccccc2)[C@H](O)CNCc2cccc(OC(F)(F)F)c2)cc(C(=O)N2CCCC2c2cccs2)c1)S(C)(=O)=O. The Morgan fingerprint density at radius 3 is 2.43 bits per heavy atom. The van der Waals surface area contributed by atoms with E-state index in [1.54, 1.807) is 22.3 Å². The average Bonchev–Trinajstić information content (AvgIpc) is 3.79. The number of hydrogen-bond donors (Lipinski definition) is 3. The molecule has 0 spiro atoms. The van der Waals surface area contributed by atoms with E-state index in [1.165, 1.54) is 43.4 Å². The Kier molecular flexibility index (Phi) is 12.1. The largest absolute Gasteiger partial charge is 0.573 e. The molecule has 3 atom stereocenters. The van der Waals surface area contributed by atoms with E-state index in [0.29, 0.717) is 12.1 Å². The summed E-state index contributed by atoms with van der Waals surface area (Å²) in [5.41, 5.74) is 1.59. The summed E-state index contributed by atoms with van der Waals surface area (Å²) in [4.78, 5) is 30.7. The second kappa shape index (κ2) is 16.3. The van der Waals surface area contributed by atoms with E-state index in [-0.39, 0.29) is 54.0 Å². The lowest BCUT2D eigenvalue weighted by Gasteiger charge is -2.27. The van der Waals surface area contributed by atoms with E-state index in [9.17, 15) is 36.3 Å². The van der Waals surface area contributed by atoms with Crippen molar-refractivity contribution in [3.05, 3.63) is 117 Å². The molecule has 3 N–H and O–H groups in total. The maximum atomic E-state index is 14.0. The molecule has 0 saturated carbocycles. The second-order valence-corrected chi connectivity index (χ2v) is 15.3. The lowest BCUT2D eigenvalue weighted by molar-refractivity contribution is -0.274. The summed E-state index contributed by atoms with van der Waals surface area (Å²) in [5.74, 6) is -1.34. The predicted molar refractivity (Wildman–Crippen MR) is 189 cm³/mol. The van der Waals surface area contributed by atoms with Gasteiger partial charge in [-0.25, -0.2) is 8.42 Å². The number of aliphatic hydroxyl groups is 1. The van der Waals surface area contributed by atoms with E-state index in [2.05, 4.69) is 15.4 Å². The Balaban J connectivity index is 1.37. The molecule has 1 aliphatic rings. The number of alkyl halides is 3. The van der Waals surface area contributed by atoms with E-state index in [1.807, 2.05) is 47.8 Å². The number of hydrogen-bond acceptors (Lipinski definition) is 8. The van der Waals surface area contributed by atoms with E-state index >= 15 is 0 Å². The minimum atomic E-state index is -4.83. The van der Waals surface area contributed by atoms with Crippen LogP contribution in [0.1, 0.15) is 55.6 Å². The van der Waals surface area contributed by atoms with Gasteiger partial charge < -0.3 is 25.4 Å². The van der Waals surface area contributed by atoms with Crippen LogP contribution in [0.25, 0.3) is 0 Å². The third-order valence-electron chi connectivity index (χ3n) is 8.57. The lowest BCUT2D eigenvalue weighted by Crippen LogP contribution is -2.48. The molecule has 2 amide bonds. The molecule has 0 bridgehead atoms. The topological polar surface area (TPSA) is 128 Å². The number of sulfonamides is 1. The van der Waals surface area contributed by atoms with Crippen molar-refractivity contribution in [2.45, 2.75) is 50.4 Å². The number of aliphatic hydroxyl groups excluding tert-OH is 1. The maximum absolute atomic E-state index is 14.0. The van der Waals surface area contributed by atoms with Gasteiger partial charge in [-0.3, -0.25) is 13.9 Å². The number of likely N-dealkylation sites (tertiary alicyclic amines) is 1. The van der Waals surface area contributed by atoms with Gasteiger partial charge in [0, 0.05) is 42.7 Å². The Morgan fingerprint density at radius 2 is 1.75 bits per heavy atom. The molecule has 1 aromatic heterocycles. The van der Waals surface area contributed by atoms with Gasteiger partial charge >= 0.3 is 6.36 Å². The minimum Gasteiger partial charge on any atom is -0.406 e. The summed E-state index contributed by atoms with van der Waals surface area (Å²) in [6.07, 6.45) is -3.18. The van der Waals surface area contributed by atoms with Crippen molar-refractivity contribution in [2.24, 2.45) is 0 Å².